The van der Waals surface area contributed by atoms with Crippen LogP contribution in [-0.2, 0) is 0 Å². The number of rotatable bonds is 1. The fourth-order valence-electron chi connectivity index (χ4n) is 1.70. The van der Waals surface area contributed by atoms with E-state index in [0.29, 0.717) is 5.56 Å². The van der Waals surface area contributed by atoms with Crippen molar-refractivity contribution in [2.24, 2.45) is 0 Å². The topological polar surface area (TPSA) is 33.5 Å². The smallest absolute Gasteiger partial charge is 0.257 e. The van der Waals surface area contributed by atoms with Gasteiger partial charge in [-0.25, -0.2) is 0 Å². The van der Waals surface area contributed by atoms with Crippen molar-refractivity contribution in [3.05, 3.63) is 23.7 Å². The molecule has 1 aliphatic rings. The van der Waals surface area contributed by atoms with Crippen LogP contribution in [0.2, 0.25) is 0 Å². The third-order valence-electron chi connectivity index (χ3n) is 2.48. The number of carbonyl (C=O) groups excluding carboxylic acids is 1. The molecule has 0 aromatic carbocycles. The van der Waals surface area contributed by atoms with Crippen molar-refractivity contribution in [3.63, 3.8) is 0 Å². The molecule has 3 nitrogen and oxygen atoms in total. The highest BCUT2D eigenvalue weighted by atomic mass is 16.3. The second-order valence-corrected chi connectivity index (χ2v) is 3.39. The van der Waals surface area contributed by atoms with Crippen LogP contribution in [0, 0.1) is 6.92 Å². The largest absolute Gasteiger partial charge is 0.469 e. The lowest BCUT2D eigenvalue weighted by Crippen LogP contribution is -2.27. The van der Waals surface area contributed by atoms with Crippen molar-refractivity contribution in [1.82, 2.24) is 4.90 Å². The number of hydrogen-bond donors (Lipinski definition) is 0. The molecule has 0 unspecified atom stereocenters. The predicted octanol–water partition coefficient (Wildman–Crippen LogP) is 1.82. The van der Waals surface area contributed by atoms with E-state index in [0.717, 1.165) is 31.7 Å². The Morgan fingerprint density at radius 1 is 1.46 bits per heavy atom. The van der Waals surface area contributed by atoms with Crippen LogP contribution in [0.1, 0.15) is 29.0 Å². The van der Waals surface area contributed by atoms with Gasteiger partial charge >= 0.3 is 0 Å². The Kier molecular flexibility index (Phi) is 2.08. The first-order chi connectivity index (χ1) is 6.29. The summed E-state index contributed by atoms with van der Waals surface area (Å²) in [4.78, 5) is 13.7. The Bertz CT molecular complexity index is 310. The Hall–Kier alpha value is -1.25. The Balaban J connectivity index is 2.17. The van der Waals surface area contributed by atoms with E-state index in [-0.39, 0.29) is 5.91 Å². The number of carbonyl (C=O) groups is 1. The van der Waals surface area contributed by atoms with Crippen LogP contribution in [0.5, 0.6) is 0 Å². The van der Waals surface area contributed by atoms with E-state index < -0.39 is 0 Å². The predicted molar refractivity (Wildman–Crippen MR) is 48.6 cm³/mol. The van der Waals surface area contributed by atoms with E-state index >= 15 is 0 Å². The van der Waals surface area contributed by atoms with E-state index in [1.165, 1.54) is 0 Å². The van der Waals surface area contributed by atoms with Gasteiger partial charge in [0.2, 0.25) is 0 Å². The van der Waals surface area contributed by atoms with Gasteiger partial charge in [-0.15, -0.1) is 0 Å². The average Bonchev–Trinajstić information content (AvgIpc) is 2.72. The minimum atomic E-state index is 0.115. The maximum atomic E-state index is 11.8. The molecule has 2 heterocycles. The average molecular weight is 179 g/mol. The molecule has 0 radical (unpaired) electrons. The zero-order valence-corrected chi connectivity index (χ0v) is 7.75. The highest BCUT2D eigenvalue weighted by molar-refractivity contribution is 5.95. The van der Waals surface area contributed by atoms with Gasteiger partial charge in [-0.05, 0) is 25.8 Å². The molecule has 2 rings (SSSR count). The molecule has 1 aliphatic heterocycles. The molecule has 3 heteroatoms. The van der Waals surface area contributed by atoms with Gasteiger partial charge in [0, 0.05) is 13.1 Å². The zero-order valence-electron chi connectivity index (χ0n) is 7.75. The van der Waals surface area contributed by atoms with Crippen LogP contribution in [0.3, 0.4) is 0 Å². The van der Waals surface area contributed by atoms with E-state index in [1.54, 1.807) is 12.3 Å². The van der Waals surface area contributed by atoms with Crippen molar-refractivity contribution >= 4 is 5.91 Å². The van der Waals surface area contributed by atoms with Gasteiger partial charge in [-0.1, -0.05) is 0 Å². The standard InChI is InChI=1S/C10H13NO2/c1-8-9(4-7-13-8)10(12)11-5-2-3-6-11/h4,7H,2-3,5-6H2,1H3. The Labute approximate surface area is 77.3 Å². The van der Waals surface area contributed by atoms with Crippen LogP contribution < -0.4 is 0 Å². The third-order valence-corrected chi connectivity index (χ3v) is 2.48. The van der Waals surface area contributed by atoms with Crippen molar-refractivity contribution in [2.45, 2.75) is 19.8 Å². The van der Waals surface area contributed by atoms with Crippen molar-refractivity contribution in [3.8, 4) is 0 Å². The Morgan fingerprint density at radius 3 is 2.69 bits per heavy atom. The van der Waals surface area contributed by atoms with Gasteiger partial charge in [0.05, 0.1) is 11.8 Å². The van der Waals surface area contributed by atoms with E-state index in [9.17, 15) is 4.79 Å². The molecule has 0 saturated carbocycles. The van der Waals surface area contributed by atoms with Crippen LogP contribution in [-0.4, -0.2) is 23.9 Å². The normalized spacial score (nSPS) is 16.5. The number of hydrogen-bond acceptors (Lipinski definition) is 2. The summed E-state index contributed by atoms with van der Waals surface area (Å²) in [6.07, 6.45) is 3.82. The number of amides is 1. The summed E-state index contributed by atoms with van der Waals surface area (Å²) in [7, 11) is 0. The summed E-state index contributed by atoms with van der Waals surface area (Å²) < 4.78 is 5.10. The van der Waals surface area contributed by atoms with Crippen molar-refractivity contribution < 1.29 is 9.21 Å². The number of likely N-dealkylation sites (tertiary alicyclic amines) is 1. The molecule has 1 saturated heterocycles. The van der Waals surface area contributed by atoms with Gasteiger partial charge in [0.15, 0.2) is 0 Å². The second kappa shape index (κ2) is 3.24. The lowest BCUT2D eigenvalue weighted by molar-refractivity contribution is 0.0791. The van der Waals surface area contributed by atoms with Crippen LogP contribution >= 0.6 is 0 Å². The summed E-state index contributed by atoms with van der Waals surface area (Å²) >= 11 is 0. The molecule has 1 aromatic rings. The minimum absolute atomic E-state index is 0.115. The molecule has 1 fully saturated rings. The summed E-state index contributed by atoms with van der Waals surface area (Å²) in [5.74, 6) is 0.834. The quantitative estimate of drug-likeness (QED) is 0.659. The number of nitrogens with zero attached hydrogens (tertiary/aromatic N) is 1. The van der Waals surface area contributed by atoms with Crippen molar-refractivity contribution in [1.29, 1.82) is 0 Å². The molecule has 13 heavy (non-hydrogen) atoms. The maximum absolute atomic E-state index is 11.8. The highest BCUT2D eigenvalue weighted by Crippen LogP contribution is 2.16. The van der Waals surface area contributed by atoms with Crippen LogP contribution in [0.4, 0.5) is 0 Å². The van der Waals surface area contributed by atoms with E-state index in [1.807, 2.05) is 11.8 Å². The van der Waals surface area contributed by atoms with Crippen LogP contribution in [0.25, 0.3) is 0 Å². The minimum Gasteiger partial charge on any atom is -0.469 e. The lowest BCUT2D eigenvalue weighted by Gasteiger charge is -2.13. The van der Waals surface area contributed by atoms with E-state index in [2.05, 4.69) is 0 Å². The summed E-state index contributed by atoms with van der Waals surface area (Å²) in [5.41, 5.74) is 0.710. The first kappa shape index (κ1) is 8.35. The lowest BCUT2D eigenvalue weighted by atomic mass is 10.2. The SMILES string of the molecule is Cc1occc1C(=O)N1CCCC1. The second-order valence-electron chi connectivity index (χ2n) is 3.39. The fourth-order valence-corrected chi connectivity index (χ4v) is 1.70. The van der Waals surface area contributed by atoms with E-state index in [4.69, 9.17) is 4.42 Å². The van der Waals surface area contributed by atoms with Crippen molar-refractivity contribution in [2.75, 3.05) is 13.1 Å². The number of aryl methyl sites for hydroxylation is 1. The van der Waals surface area contributed by atoms with Gasteiger partial charge < -0.3 is 9.32 Å². The molecule has 70 valence electrons. The number of furan rings is 1. The summed E-state index contributed by atoms with van der Waals surface area (Å²) in [6.45, 7) is 3.61. The van der Waals surface area contributed by atoms with Gasteiger partial charge in [0.25, 0.3) is 5.91 Å². The molecule has 1 aromatic heterocycles. The highest BCUT2D eigenvalue weighted by Gasteiger charge is 2.21. The molecule has 0 N–H and O–H groups in total. The van der Waals surface area contributed by atoms with Gasteiger partial charge in [0.1, 0.15) is 5.76 Å². The van der Waals surface area contributed by atoms with Crippen LogP contribution in [0.15, 0.2) is 16.7 Å². The molecular formula is C10H13NO2. The zero-order chi connectivity index (χ0) is 9.26. The fraction of sp³-hybridized carbons (Fsp3) is 0.500. The van der Waals surface area contributed by atoms with Gasteiger partial charge in [-0.2, -0.15) is 0 Å². The first-order valence-electron chi connectivity index (χ1n) is 4.62. The first-order valence-corrected chi connectivity index (χ1v) is 4.62. The summed E-state index contributed by atoms with van der Waals surface area (Å²) in [5, 5.41) is 0. The molecule has 0 bridgehead atoms. The molecular weight excluding hydrogens is 166 g/mol. The monoisotopic (exact) mass is 179 g/mol. The molecule has 0 aliphatic carbocycles. The summed E-state index contributed by atoms with van der Waals surface area (Å²) in [6, 6.07) is 1.75. The molecule has 0 atom stereocenters. The third kappa shape index (κ3) is 1.46. The molecule has 1 amide bonds. The Morgan fingerprint density at radius 2 is 2.15 bits per heavy atom. The maximum Gasteiger partial charge on any atom is 0.257 e. The van der Waals surface area contributed by atoms with Gasteiger partial charge in [-0.3, -0.25) is 4.79 Å². The molecule has 0 spiro atoms.